The minimum Gasteiger partial charge on any atom is -0.466 e. The first kappa shape index (κ1) is 8.97. The second-order valence-corrected chi connectivity index (χ2v) is 2.97. The summed E-state index contributed by atoms with van der Waals surface area (Å²) in [5, 5.41) is 9.76. The van der Waals surface area contributed by atoms with Gasteiger partial charge < -0.3 is 9.52 Å². The maximum absolute atomic E-state index is 12.6. The van der Waals surface area contributed by atoms with Gasteiger partial charge in [0.1, 0.15) is 17.7 Å². The first-order valence-corrected chi connectivity index (χ1v) is 4.24. The Labute approximate surface area is 80.6 Å². The molecule has 1 aromatic heterocycles. The smallest absolute Gasteiger partial charge is 0.137 e. The molecule has 0 aliphatic rings. The minimum absolute atomic E-state index is 0.319. The molecule has 2 nitrogen and oxygen atoms in total. The highest BCUT2D eigenvalue weighted by molar-refractivity contribution is 5.24. The topological polar surface area (TPSA) is 33.4 Å². The predicted octanol–water partition coefficient (Wildman–Crippen LogP) is 2.50. The fourth-order valence-corrected chi connectivity index (χ4v) is 1.26. The van der Waals surface area contributed by atoms with Crippen LogP contribution in [0.3, 0.4) is 0 Å². The van der Waals surface area contributed by atoms with Crippen LogP contribution >= 0.6 is 0 Å². The first-order chi connectivity index (χ1) is 6.77. The van der Waals surface area contributed by atoms with Crippen molar-refractivity contribution in [2.24, 2.45) is 0 Å². The largest absolute Gasteiger partial charge is 0.466 e. The van der Waals surface area contributed by atoms with Crippen molar-refractivity contribution < 1.29 is 13.9 Å². The van der Waals surface area contributed by atoms with Gasteiger partial charge in [-0.05, 0) is 29.8 Å². The van der Waals surface area contributed by atoms with Crippen LogP contribution in [0.2, 0.25) is 0 Å². The van der Waals surface area contributed by atoms with Crippen molar-refractivity contribution in [1.29, 1.82) is 0 Å². The Balaban J connectivity index is 2.28. The lowest BCUT2D eigenvalue weighted by Crippen LogP contribution is -1.97. The summed E-state index contributed by atoms with van der Waals surface area (Å²) >= 11 is 0. The highest BCUT2D eigenvalue weighted by Gasteiger charge is 2.12. The number of halogens is 1. The van der Waals surface area contributed by atoms with Crippen molar-refractivity contribution in [2.45, 2.75) is 6.10 Å². The molecule has 1 heterocycles. The van der Waals surface area contributed by atoms with Crippen molar-refractivity contribution in [1.82, 2.24) is 0 Å². The normalized spacial score (nSPS) is 12.7. The second kappa shape index (κ2) is 3.64. The van der Waals surface area contributed by atoms with Crippen LogP contribution in [-0.2, 0) is 0 Å². The molecule has 72 valence electrons. The summed E-state index contributed by atoms with van der Waals surface area (Å²) in [6.45, 7) is 0. The van der Waals surface area contributed by atoms with Crippen LogP contribution in [0.4, 0.5) is 4.39 Å². The van der Waals surface area contributed by atoms with E-state index in [9.17, 15) is 9.50 Å². The molecule has 0 aliphatic carbocycles. The van der Waals surface area contributed by atoms with Crippen LogP contribution in [-0.4, -0.2) is 5.11 Å². The van der Waals surface area contributed by atoms with Gasteiger partial charge in [0.05, 0.1) is 6.26 Å². The summed E-state index contributed by atoms with van der Waals surface area (Å²) in [5.41, 5.74) is 0.612. The highest BCUT2D eigenvalue weighted by Crippen LogP contribution is 2.21. The molecule has 0 bridgehead atoms. The molecule has 2 aromatic rings. The molecule has 1 unspecified atom stereocenters. The maximum atomic E-state index is 12.6. The first-order valence-electron chi connectivity index (χ1n) is 4.24. The highest BCUT2D eigenvalue weighted by atomic mass is 19.1. The Hall–Kier alpha value is -1.61. The third-order valence-electron chi connectivity index (χ3n) is 2.00. The van der Waals surface area contributed by atoms with E-state index in [4.69, 9.17) is 4.42 Å². The van der Waals surface area contributed by atoms with Crippen LogP contribution in [0.1, 0.15) is 17.4 Å². The molecule has 0 amide bonds. The lowest BCUT2D eigenvalue weighted by Gasteiger charge is -2.07. The van der Waals surface area contributed by atoms with Gasteiger partial charge in [0.15, 0.2) is 0 Å². The average Bonchev–Trinajstić information content (AvgIpc) is 2.71. The van der Waals surface area contributed by atoms with Gasteiger partial charge in [0, 0.05) is 0 Å². The Morgan fingerprint density at radius 3 is 2.43 bits per heavy atom. The molecule has 0 aliphatic heterocycles. The molecule has 3 heteroatoms. The van der Waals surface area contributed by atoms with E-state index >= 15 is 0 Å². The Bertz CT molecular complexity index is 392. The van der Waals surface area contributed by atoms with Crippen molar-refractivity contribution in [3.8, 4) is 0 Å². The van der Waals surface area contributed by atoms with E-state index in [1.807, 2.05) is 0 Å². The summed E-state index contributed by atoms with van der Waals surface area (Å²) in [6.07, 6.45) is 0.660. The van der Waals surface area contributed by atoms with Crippen molar-refractivity contribution in [2.75, 3.05) is 0 Å². The number of aliphatic hydroxyl groups excluding tert-OH is 1. The molecule has 14 heavy (non-hydrogen) atoms. The summed E-state index contributed by atoms with van der Waals surface area (Å²) in [5.74, 6) is 0.136. The standard InChI is InChI=1S/C11H9FO2/c12-9-5-3-8(4-6-9)11(13)10-2-1-7-14-10/h1-7,11,13H. The van der Waals surface area contributed by atoms with E-state index in [-0.39, 0.29) is 5.82 Å². The molecule has 1 N–H and O–H groups in total. The van der Waals surface area contributed by atoms with Crippen LogP contribution in [0.25, 0.3) is 0 Å². The van der Waals surface area contributed by atoms with E-state index in [0.717, 1.165) is 0 Å². The molecule has 0 saturated carbocycles. The van der Waals surface area contributed by atoms with E-state index < -0.39 is 6.10 Å². The third kappa shape index (κ3) is 1.67. The third-order valence-corrected chi connectivity index (χ3v) is 2.00. The fraction of sp³-hybridized carbons (Fsp3) is 0.0909. The second-order valence-electron chi connectivity index (χ2n) is 2.97. The number of hydrogen-bond donors (Lipinski definition) is 1. The van der Waals surface area contributed by atoms with Gasteiger partial charge in [0.25, 0.3) is 0 Å². The molecular formula is C11H9FO2. The summed E-state index contributed by atoms with van der Waals surface area (Å²) in [6, 6.07) is 9.05. The van der Waals surface area contributed by atoms with E-state index in [0.29, 0.717) is 11.3 Å². The summed E-state index contributed by atoms with van der Waals surface area (Å²) in [7, 11) is 0. The number of aliphatic hydroxyl groups is 1. The number of furan rings is 1. The van der Waals surface area contributed by atoms with Gasteiger partial charge in [0.2, 0.25) is 0 Å². The van der Waals surface area contributed by atoms with Gasteiger partial charge >= 0.3 is 0 Å². The van der Waals surface area contributed by atoms with Crippen molar-refractivity contribution in [3.63, 3.8) is 0 Å². The number of hydrogen-bond acceptors (Lipinski definition) is 2. The van der Waals surface area contributed by atoms with Crippen LogP contribution in [0.5, 0.6) is 0 Å². The van der Waals surface area contributed by atoms with E-state index in [1.54, 1.807) is 12.1 Å². The Kier molecular flexibility index (Phi) is 2.33. The van der Waals surface area contributed by atoms with Crippen LogP contribution in [0.15, 0.2) is 47.1 Å². The molecular weight excluding hydrogens is 183 g/mol. The molecule has 1 atom stereocenters. The minimum atomic E-state index is -0.828. The van der Waals surface area contributed by atoms with Crippen molar-refractivity contribution in [3.05, 3.63) is 59.8 Å². The van der Waals surface area contributed by atoms with Crippen LogP contribution < -0.4 is 0 Å². The lowest BCUT2D eigenvalue weighted by atomic mass is 10.1. The van der Waals surface area contributed by atoms with Gasteiger partial charge in [-0.15, -0.1) is 0 Å². The lowest BCUT2D eigenvalue weighted by molar-refractivity contribution is 0.189. The molecule has 0 fully saturated rings. The zero-order chi connectivity index (χ0) is 9.97. The Morgan fingerprint density at radius 2 is 1.86 bits per heavy atom. The number of benzene rings is 1. The maximum Gasteiger partial charge on any atom is 0.137 e. The van der Waals surface area contributed by atoms with E-state index in [1.165, 1.54) is 30.5 Å². The molecule has 2 rings (SSSR count). The molecule has 1 aromatic carbocycles. The SMILES string of the molecule is OC(c1ccc(F)cc1)c1ccco1. The summed E-state index contributed by atoms with van der Waals surface area (Å²) < 4.78 is 17.6. The fourth-order valence-electron chi connectivity index (χ4n) is 1.26. The Morgan fingerprint density at radius 1 is 1.14 bits per heavy atom. The zero-order valence-electron chi connectivity index (χ0n) is 7.35. The van der Waals surface area contributed by atoms with Gasteiger partial charge in [-0.2, -0.15) is 0 Å². The molecule has 0 saturated heterocycles. The monoisotopic (exact) mass is 192 g/mol. The van der Waals surface area contributed by atoms with Gasteiger partial charge in [-0.25, -0.2) is 4.39 Å². The molecule has 0 spiro atoms. The summed E-state index contributed by atoms with van der Waals surface area (Å²) in [4.78, 5) is 0. The molecule has 0 radical (unpaired) electrons. The average molecular weight is 192 g/mol. The van der Waals surface area contributed by atoms with Gasteiger partial charge in [-0.3, -0.25) is 0 Å². The van der Waals surface area contributed by atoms with Crippen LogP contribution in [0, 0.1) is 5.82 Å². The quantitative estimate of drug-likeness (QED) is 0.793. The van der Waals surface area contributed by atoms with Gasteiger partial charge in [-0.1, -0.05) is 12.1 Å². The zero-order valence-corrected chi connectivity index (χ0v) is 7.35. The van der Waals surface area contributed by atoms with E-state index in [2.05, 4.69) is 0 Å². The number of rotatable bonds is 2. The predicted molar refractivity (Wildman–Crippen MR) is 49.2 cm³/mol. The van der Waals surface area contributed by atoms with Crippen molar-refractivity contribution >= 4 is 0 Å².